The van der Waals surface area contributed by atoms with Crippen LogP contribution in [0.2, 0.25) is 0 Å². The Hall–Kier alpha value is -1.68. The normalized spacial score (nSPS) is 12.8. The summed E-state index contributed by atoms with van der Waals surface area (Å²) in [6, 6.07) is 9.69. The summed E-state index contributed by atoms with van der Waals surface area (Å²) in [6.07, 6.45) is -0.168. The van der Waals surface area contributed by atoms with E-state index in [0.717, 1.165) is 5.56 Å². The molecule has 1 aromatic rings. The maximum atomic E-state index is 11.8. The van der Waals surface area contributed by atoms with Gasteiger partial charge in [0.15, 0.2) is 0 Å². The molecule has 0 aromatic heterocycles. The molecule has 4 heteroatoms. The van der Waals surface area contributed by atoms with Crippen molar-refractivity contribution in [1.82, 2.24) is 0 Å². The predicted molar refractivity (Wildman–Crippen MR) is 80.7 cm³/mol. The topological polar surface area (TPSA) is 52.6 Å². The van der Waals surface area contributed by atoms with Crippen LogP contribution in [0.1, 0.15) is 39.7 Å². The Bertz CT molecular complexity index is 459. The zero-order valence-electron chi connectivity index (χ0n) is 13.2. The molecule has 0 amide bonds. The van der Waals surface area contributed by atoms with E-state index in [1.165, 1.54) is 6.92 Å². The van der Waals surface area contributed by atoms with E-state index in [1.807, 2.05) is 30.3 Å². The Kier molecular flexibility index (Phi) is 6.56. The molecule has 21 heavy (non-hydrogen) atoms. The van der Waals surface area contributed by atoms with E-state index in [9.17, 15) is 9.59 Å². The maximum Gasteiger partial charge on any atom is 0.311 e. The van der Waals surface area contributed by atoms with Crippen LogP contribution in [0, 0.1) is 5.41 Å². The first kappa shape index (κ1) is 17.4. The zero-order chi connectivity index (χ0) is 15.9. The minimum absolute atomic E-state index is 0.0138. The van der Waals surface area contributed by atoms with Gasteiger partial charge in [-0.3, -0.25) is 9.59 Å². The summed E-state index contributed by atoms with van der Waals surface area (Å²) in [4.78, 5) is 23.1. The summed E-state index contributed by atoms with van der Waals surface area (Å²) in [5.74, 6) is -0.278. The number of carbonyl (C=O) groups excluding carboxylic acids is 2. The van der Waals surface area contributed by atoms with Crippen LogP contribution >= 0.6 is 0 Å². The van der Waals surface area contributed by atoms with Gasteiger partial charge in [0, 0.05) is 6.42 Å². The molecule has 0 bridgehead atoms. The molecule has 0 aliphatic carbocycles. The van der Waals surface area contributed by atoms with Gasteiger partial charge in [0.2, 0.25) is 0 Å². The summed E-state index contributed by atoms with van der Waals surface area (Å²) in [5, 5.41) is 0. The van der Waals surface area contributed by atoms with Crippen molar-refractivity contribution >= 4 is 11.8 Å². The van der Waals surface area contributed by atoms with Crippen LogP contribution in [0.5, 0.6) is 0 Å². The highest BCUT2D eigenvalue weighted by molar-refractivity contribution is 5.76. The molecule has 0 spiro atoms. The monoisotopic (exact) mass is 292 g/mol. The molecule has 1 aromatic carbocycles. The molecule has 0 N–H and O–H groups in total. The molecular formula is C17H24O4. The quantitative estimate of drug-likeness (QED) is 0.724. The molecule has 0 heterocycles. The third kappa shape index (κ3) is 7.04. The van der Waals surface area contributed by atoms with Crippen molar-refractivity contribution in [3.8, 4) is 0 Å². The first-order chi connectivity index (χ1) is 9.79. The molecule has 0 saturated carbocycles. The second kappa shape index (κ2) is 7.93. The van der Waals surface area contributed by atoms with Gasteiger partial charge in [-0.05, 0) is 33.3 Å². The van der Waals surface area contributed by atoms with Crippen molar-refractivity contribution in [1.29, 1.82) is 0 Å². The molecule has 0 saturated heterocycles. The first-order valence-electron chi connectivity index (χ1n) is 7.11. The number of carbonyl (C=O) groups is 2. The number of rotatable bonds is 7. The second-order valence-corrected chi connectivity index (χ2v) is 6.17. The highest BCUT2D eigenvalue weighted by Crippen LogP contribution is 2.16. The lowest BCUT2D eigenvalue weighted by molar-refractivity contribution is -0.158. The van der Waals surface area contributed by atoms with E-state index < -0.39 is 11.5 Å². The summed E-state index contributed by atoms with van der Waals surface area (Å²) in [7, 11) is 0. The molecule has 0 aliphatic heterocycles. The van der Waals surface area contributed by atoms with Crippen molar-refractivity contribution in [2.75, 3.05) is 6.61 Å². The fraction of sp³-hybridized carbons (Fsp3) is 0.529. The molecule has 4 nitrogen and oxygen atoms in total. The number of esters is 1. The van der Waals surface area contributed by atoms with Gasteiger partial charge >= 0.3 is 5.97 Å². The molecule has 116 valence electrons. The summed E-state index contributed by atoms with van der Waals surface area (Å²) in [6.45, 7) is 7.37. The number of benzene rings is 1. The number of Topliss-reactive ketones (excluding diaryl/α,β-unsaturated/α-hetero) is 1. The van der Waals surface area contributed by atoms with Gasteiger partial charge in [0.1, 0.15) is 12.4 Å². The lowest BCUT2D eigenvalue weighted by Gasteiger charge is -2.21. The second-order valence-electron chi connectivity index (χ2n) is 6.17. The van der Waals surface area contributed by atoms with E-state index in [1.54, 1.807) is 20.8 Å². The van der Waals surface area contributed by atoms with Gasteiger partial charge < -0.3 is 9.47 Å². The summed E-state index contributed by atoms with van der Waals surface area (Å²) >= 11 is 0. The number of ether oxygens (including phenoxy) is 2. The Labute approximate surface area is 126 Å². The van der Waals surface area contributed by atoms with Gasteiger partial charge in [-0.1, -0.05) is 30.3 Å². The average molecular weight is 292 g/mol. The Morgan fingerprint density at radius 3 is 2.29 bits per heavy atom. The first-order valence-corrected chi connectivity index (χ1v) is 7.11. The fourth-order valence-corrected chi connectivity index (χ4v) is 1.66. The minimum atomic E-state index is -0.555. The van der Waals surface area contributed by atoms with Gasteiger partial charge in [0.25, 0.3) is 0 Å². The molecule has 1 rings (SSSR count). The lowest BCUT2D eigenvalue weighted by atomic mass is 9.97. The highest BCUT2D eigenvalue weighted by Gasteiger charge is 2.24. The van der Waals surface area contributed by atoms with Crippen molar-refractivity contribution in [2.24, 2.45) is 5.41 Å². The van der Waals surface area contributed by atoms with Gasteiger partial charge in [-0.25, -0.2) is 0 Å². The van der Waals surface area contributed by atoms with E-state index in [4.69, 9.17) is 9.47 Å². The summed E-state index contributed by atoms with van der Waals surface area (Å²) < 4.78 is 10.9. The summed E-state index contributed by atoms with van der Waals surface area (Å²) in [5.41, 5.74) is 0.466. The Morgan fingerprint density at radius 1 is 1.14 bits per heavy atom. The average Bonchev–Trinajstić information content (AvgIpc) is 2.41. The Morgan fingerprint density at radius 2 is 1.76 bits per heavy atom. The van der Waals surface area contributed by atoms with Crippen molar-refractivity contribution in [3.63, 3.8) is 0 Å². The third-order valence-electron chi connectivity index (χ3n) is 2.86. The smallest absolute Gasteiger partial charge is 0.311 e. The zero-order valence-corrected chi connectivity index (χ0v) is 13.2. The van der Waals surface area contributed by atoms with Gasteiger partial charge in [-0.15, -0.1) is 0 Å². The van der Waals surface area contributed by atoms with Crippen LogP contribution in [0.15, 0.2) is 30.3 Å². The van der Waals surface area contributed by atoms with E-state index in [2.05, 4.69) is 0 Å². The van der Waals surface area contributed by atoms with E-state index in [0.29, 0.717) is 6.61 Å². The van der Waals surface area contributed by atoms with E-state index >= 15 is 0 Å². The van der Waals surface area contributed by atoms with Crippen molar-refractivity contribution in [2.45, 2.75) is 46.8 Å². The highest BCUT2D eigenvalue weighted by atomic mass is 16.6. The third-order valence-corrected chi connectivity index (χ3v) is 2.86. The fourth-order valence-electron chi connectivity index (χ4n) is 1.66. The van der Waals surface area contributed by atoms with Crippen LogP contribution in [-0.4, -0.2) is 24.5 Å². The minimum Gasteiger partial charge on any atom is -0.463 e. The van der Waals surface area contributed by atoms with Crippen LogP contribution in [0.25, 0.3) is 0 Å². The van der Waals surface area contributed by atoms with Crippen molar-refractivity contribution in [3.05, 3.63) is 35.9 Å². The lowest BCUT2D eigenvalue weighted by Crippen LogP contribution is -2.29. The number of hydrogen-bond acceptors (Lipinski definition) is 4. The molecule has 0 radical (unpaired) electrons. The number of hydrogen-bond donors (Lipinski definition) is 0. The SMILES string of the molecule is CC(=O)C[C@@H](COC(=O)C(C)(C)C)OCc1ccccc1. The predicted octanol–water partition coefficient (Wildman–Crippen LogP) is 3.14. The van der Waals surface area contributed by atoms with Gasteiger partial charge in [-0.2, -0.15) is 0 Å². The Balaban J connectivity index is 2.52. The van der Waals surface area contributed by atoms with Crippen LogP contribution < -0.4 is 0 Å². The standard InChI is InChI=1S/C17H24O4/c1-13(18)10-15(12-21-16(19)17(2,3)4)20-11-14-8-6-5-7-9-14/h5-9,15H,10-12H2,1-4H3/t15-/m0/s1. The van der Waals surface area contributed by atoms with Crippen LogP contribution in [0.4, 0.5) is 0 Å². The van der Waals surface area contributed by atoms with Crippen LogP contribution in [0.3, 0.4) is 0 Å². The largest absolute Gasteiger partial charge is 0.463 e. The molecule has 0 fully saturated rings. The maximum absolute atomic E-state index is 11.8. The van der Waals surface area contributed by atoms with E-state index in [-0.39, 0.29) is 24.8 Å². The molecule has 0 aliphatic rings. The number of ketones is 1. The molecule has 1 atom stereocenters. The van der Waals surface area contributed by atoms with Crippen molar-refractivity contribution < 1.29 is 19.1 Å². The molecular weight excluding hydrogens is 268 g/mol. The van der Waals surface area contributed by atoms with Crippen LogP contribution in [-0.2, 0) is 25.7 Å². The molecule has 0 unspecified atom stereocenters. The van der Waals surface area contributed by atoms with Gasteiger partial charge in [0.05, 0.1) is 18.1 Å².